The highest BCUT2D eigenvalue weighted by atomic mass is 16.3. The molecule has 0 saturated heterocycles. The summed E-state index contributed by atoms with van der Waals surface area (Å²) in [6, 6.07) is 0. The Hall–Kier alpha value is -1.10. The van der Waals surface area contributed by atoms with Crippen molar-refractivity contribution in [3.05, 3.63) is 0 Å². The molecule has 0 aromatic rings. The summed E-state index contributed by atoms with van der Waals surface area (Å²) in [5, 5.41) is 14.9. The summed E-state index contributed by atoms with van der Waals surface area (Å²) in [7, 11) is 0. The largest absolute Gasteiger partial charge is 0.396 e. The van der Waals surface area contributed by atoms with Crippen LogP contribution < -0.4 is 10.6 Å². The van der Waals surface area contributed by atoms with Crippen LogP contribution in [0.5, 0.6) is 0 Å². The van der Waals surface area contributed by atoms with Crippen LogP contribution >= 0.6 is 0 Å². The fourth-order valence-corrected chi connectivity index (χ4v) is 2.29. The first-order valence-corrected chi connectivity index (χ1v) is 6.95. The van der Waals surface area contributed by atoms with Gasteiger partial charge in [-0.05, 0) is 12.8 Å². The van der Waals surface area contributed by atoms with E-state index >= 15 is 0 Å². The smallest absolute Gasteiger partial charge is 0.239 e. The summed E-state index contributed by atoms with van der Waals surface area (Å²) in [4.78, 5) is 23.3. The lowest BCUT2D eigenvalue weighted by molar-refractivity contribution is -0.131. The molecule has 0 spiro atoms. The molecule has 0 unspecified atom stereocenters. The standard InChI is InChI=1S/C14H26N2O3/c1-13(2,3)12(19)15-8-11(18)16-9-14(10-17)6-4-5-7-14/h17H,4-10H2,1-3H3,(H,15,19)(H,16,18). The van der Waals surface area contributed by atoms with Crippen molar-refractivity contribution in [2.75, 3.05) is 19.7 Å². The predicted octanol–water partition coefficient (Wildman–Crippen LogP) is 0.818. The minimum Gasteiger partial charge on any atom is -0.396 e. The Balaban J connectivity index is 2.30. The van der Waals surface area contributed by atoms with Gasteiger partial charge in [-0.15, -0.1) is 0 Å². The van der Waals surface area contributed by atoms with Gasteiger partial charge in [0.25, 0.3) is 0 Å². The van der Waals surface area contributed by atoms with E-state index in [1.165, 1.54) is 0 Å². The van der Waals surface area contributed by atoms with Crippen LogP contribution in [0.3, 0.4) is 0 Å². The van der Waals surface area contributed by atoms with Gasteiger partial charge in [-0.25, -0.2) is 0 Å². The first kappa shape index (κ1) is 16.0. The van der Waals surface area contributed by atoms with E-state index in [9.17, 15) is 14.7 Å². The highest BCUT2D eigenvalue weighted by Gasteiger charge is 2.33. The van der Waals surface area contributed by atoms with E-state index in [-0.39, 0.29) is 30.4 Å². The third-order valence-corrected chi connectivity index (χ3v) is 3.75. The van der Waals surface area contributed by atoms with E-state index in [2.05, 4.69) is 10.6 Å². The van der Waals surface area contributed by atoms with Crippen molar-refractivity contribution in [1.82, 2.24) is 10.6 Å². The van der Waals surface area contributed by atoms with Crippen LogP contribution in [0, 0.1) is 10.8 Å². The third kappa shape index (κ3) is 4.82. The molecule has 0 radical (unpaired) electrons. The van der Waals surface area contributed by atoms with Gasteiger partial charge < -0.3 is 15.7 Å². The molecule has 110 valence electrons. The first-order chi connectivity index (χ1) is 8.79. The Labute approximate surface area is 115 Å². The zero-order chi connectivity index (χ0) is 14.5. The maximum Gasteiger partial charge on any atom is 0.239 e. The first-order valence-electron chi connectivity index (χ1n) is 6.95. The van der Waals surface area contributed by atoms with Crippen LogP contribution in [-0.2, 0) is 9.59 Å². The van der Waals surface area contributed by atoms with E-state index in [0.717, 1.165) is 25.7 Å². The summed E-state index contributed by atoms with van der Waals surface area (Å²) in [5.41, 5.74) is -0.637. The number of nitrogens with one attached hydrogen (secondary N) is 2. The van der Waals surface area contributed by atoms with Crippen molar-refractivity contribution in [1.29, 1.82) is 0 Å². The molecule has 3 N–H and O–H groups in total. The molecule has 1 saturated carbocycles. The van der Waals surface area contributed by atoms with E-state index < -0.39 is 5.41 Å². The lowest BCUT2D eigenvalue weighted by Crippen LogP contribution is -2.45. The van der Waals surface area contributed by atoms with Crippen LogP contribution in [0.1, 0.15) is 46.5 Å². The molecular formula is C14H26N2O3. The summed E-state index contributed by atoms with van der Waals surface area (Å²) in [5.74, 6) is -0.335. The minimum atomic E-state index is -0.488. The Morgan fingerprint density at radius 2 is 1.74 bits per heavy atom. The lowest BCUT2D eigenvalue weighted by atomic mass is 9.87. The van der Waals surface area contributed by atoms with Gasteiger partial charge in [0.15, 0.2) is 0 Å². The molecule has 1 rings (SSSR count). The summed E-state index contributed by atoms with van der Waals surface area (Å²) in [6.07, 6.45) is 4.13. The number of hydrogen-bond acceptors (Lipinski definition) is 3. The minimum absolute atomic E-state index is 0.00237. The van der Waals surface area contributed by atoms with Crippen molar-refractivity contribution in [3.8, 4) is 0 Å². The SMILES string of the molecule is CC(C)(C)C(=O)NCC(=O)NCC1(CO)CCCC1. The van der Waals surface area contributed by atoms with Crippen LogP contribution in [-0.4, -0.2) is 36.6 Å². The van der Waals surface area contributed by atoms with Gasteiger partial charge in [0.2, 0.25) is 11.8 Å². The number of carbonyl (C=O) groups excluding carboxylic acids is 2. The average molecular weight is 270 g/mol. The van der Waals surface area contributed by atoms with Crippen LogP contribution in [0.2, 0.25) is 0 Å². The van der Waals surface area contributed by atoms with E-state index in [1.54, 1.807) is 20.8 Å². The maximum absolute atomic E-state index is 11.7. The van der Waals surface area contributed by atoms with Crippen molar-refractivity contribution >= 4 is 11.8 Å². The number of carbonyl (C=O) groups is 2. The maximum atomic E-state index is 11.7. The molecule has 0 aromatic carbocycles. The van der Waals surface area contributed by atoms with Gasteiger partial charge >= 0.3 is 0 Å². The second-order valence-electron chi connectivity index (χ2n) is 6.57. The van der Waals surface area contributed by atoms with Crippen LogP contribution in [0.25, 0.3) is 0 Å². The molecule has 1 aliphatic carbocycles. The molecular weight excluding hydrogens is 244 g/mol. The van der Waals surface area contributed by atoms with Gasteiger partial charge in [-0.2, -0.15) is 0 Å². The molecule has 0 atom stereocenters. The van der Waals surface area contributed by atoms with Crippen molar-refractivity contribution in [3.63, 3.8) is 0 Å². The molecule has 1 aliphatic rings. The van der Waals surface area contributed by atoms with Crippen LogP contribution in [0.4, 0.5) is 0 Å². The fraction of sp³-hybridized carbons (Fsp3) is 0.857. The Morgan fingerprint density at radius 3 is 2.21 bits per heavy atom. The number of aliphatic hydroxyl groups is 1. The quantitative estimate of drug-likeness (QED) is 0.692. The van der Waals surface area contributed by atoms with Gasteiger partial charge in [-0.3, -0.25) is 9.59 Å². The highest BCUT2D eigenvalue weighted by molar-refractivity contribution is 5.87. The molecule has 19 heavy (non-hydrogen) atoms. The summed E-state index contributed by atoms with van der Waals surface area (Å²) in [6.45, 7) is 6.02. The van der Waals surface area contributed by atoms with Gasteiger partial charge in [-0.1, -0.05) is 33.6 Å². The van der Waals surface area contributed by atoms with Crippen LogP contribution in [0.15, 0.2) is 0 Å². The molecule has 1 fully saturated rings. The normalized spacial score (nSPS) is 18.1. The second-order valence-corrected chi connectivity index (χ2v) is 6.57. The van der Waals surface area contributed by atoms with E-state index in [1.807, 2.05) is 0 Å². The topological polar surface area (TPSA) is 78.4 Å². The van der Waals surface area contributed by atoms with E-state index in [0.29, 0.717) is 6.54 Å². The lowest BCUT2D eigenvalue weighted by Gasteiger charge is -2.26. The molecule has 0 bridgehead atoms. The second kappa shape index (κ2) is 6.37. The fourth-order valence-electron chi connectivity index (χ4n) is 2.29. The molecule has 2 amide bonds. The number of rotatable bonds is 5. The predicted molar refractivity (Wildman–Crippen MR) is 73.5 cm³/mol. The molecule has 5 nitrogen and oxygen atoms in total. The summed E-state index contributed by atoms with van der Waals surface area (Å²) >= 11 is 0. The van der Waals surface area contributed by atoms with Crippen molar-refractivity contribution in [2.24, 2.45) is 10.8 Å². The van der Waals surface area contributed by atoms with Crippen molar-refractivity contribution < 1.29 is 14.7 Å². The summed E-state index contributed by atoms with van der Waals surface area (Å²) < 4.78 is 0. The molecule has 0 aromatic heterocycles. The number of amides is 2. The van der Waals surface area contributed by atoms with Gasteiger partial charge in [0.1, 0.15) is 0 Å². The van der Waals surface area contributed by atoms with Gasteiger partial charge in [0.05, 0.1) is 13.2 Å². The Kier molecular flexibility index (Phi) is 5.35. The number of aliphatic hydroxyl groups excluding tert-OH is 1. The molecule has 0 aliphatic heterocycles. The zero-order valence-corrected chi connectivity index (χ0v) is 12.2. The monoisotopic (exact) mass is 270 g/mol. The molecule has 5 heteroatoms. The number of hydrogen-bond donors (Lipinski definition) is 3. The zero-order valence-electron chi connectivity index (χ0n) is 12.2. The Morgan fingerprint density at radius 1 is 1.16 bits per heavy atom. The molecule has 0 heterocycles. The van der Waals surface area contributed by atoms with Crippen molar-refractivity contribution in [2.45, 2.75) is 46.5 Å². The van der Waals surface area contributed by atoms with E-state index in [4.69, 9.17) is 0 Å². The average Bonchev–Trinajstić information content (AvgIpc) is 2.81. The third-order valence-electron chi connectivity index (χ3n) is 3.75. The Bertz CT molecular complexity index is 328. The highest BCUT2D eigenvalue weighted by Crippen LogP contribution is 2.36. The van der Waals surface area contributed by atoms with Gasteiger partial charge in [0, 0.05) is 17.4 Å².